The van der Waals surface area contributed by atoms with Crippen LogP contribution in [-0.2, 0) is 32.6 Å². The molecule has 44 heavy (non-hydrogen) atoms. The van der Waals surface area contributed by atoms with Gasteiger partial charge in [-0.25, -0.2) is 8.42 Å². The average Bonchev–Trinajstić information content (AvgIpc) is 3.00. The molecule has 0 aliphatic rings. The van der Waals surface area contributed by atoms with E-state index in [-0.39, 0.29) is 23.8 Å². The van der Waals surface area contributed by atoms with Crippen LogP contribution in [-0.4, -0.2) is 44.3 Å². The zero-order valence-electron chi connectivity index (χ0n) is 25.5. The number of nitrogens with one attached hydrogen (secondary N) is 1. The highest BCUT2D eigenvalue weighted by Crippen LogP contribution is 2.31. The van der Waals surface area contributed by atoms with E-state index in [0.29, 0.717) is 22.8 Å². The molecule has 0 aromatic heterocycles. The summed E-state index contributed by atoms with van der Waals surface area (Å²) in [6.07, 6.45) is 0.255. The van der Waals surface area contributed by atoms with Crippen LogP contribution >= 0.6 is 11.6 Å². The highest BCUT2D eigenvalue weighted by Gasteiger charge is 2.35. The summed E-state index contributed by atoms with van der Waals surface area (Å²) in [6.45, 7) is 7.33. The Morgan fingerprint density at radius 1 is 0.818 bits per heavy atom. The second kappa shape index (κ2) is 14.6. The molecule has 0 heterocycles. The van der Waals surface area contributed by atoms with Gasteiger partial charge in [-0.1, -0.05) is 95.5 Å². The topological polar surface area (TPSA) is 86.8 Å². The van der Waals surface area contributed by atoms with E-state index in [9.17, 15) is 18.0 Å². The van der Waals surface area contributed by atoms with Gasteiger partial charge in [-0.05, 0) is 68.7 Å². The Labute approximate surface area is 265 Å². The first kappa shape index (κ1) is 32.8. The van der Waals surface area contributed by atoms with Crippen molar-refractivity contribution in [3.05, 3.63) is 130 Å². The summed E-state index contributed by atoms with van der Waals surface area (Å²) in [7, 11) is -4.21. The Hall–Kier alpha value is -4.14. The van der Waals surface area contributed by atoms with Crippen LogP contribution in [0, 0.1) is 20.8 Å². The third kappa shape index (κ3) is 7.87. The van der Waals surface area contributed by atoms with E-state index < -0.39 is 28.5 Å². The molecule has 0 unspecified atom stereocenters. The minimum absolute atomic E-state index is 0.0464. The second-order valence-corrected chi connectivity index (χ2v) is 13.1. The van der Waals surface area contributed by atoms with Crippen LogP contribution in [0.15, 0.2) is 102 Å². The average molecular weight is 632 g/mol. The Morgan fingerprint density at radius 3 is 2.14 bits per heavy atom. The predicted octanol–water partition coefficient (Wildman–Crippen LogP) is 6.24. The SMILES string of the molecule is CCNC(=O)[C@H](Cc1ccccc1)N(Cc1cccc(C)c1)C(=O)CN(c1cccc(Cl)c1C)S(=O)(=O)c1ccc(C)cc1. The first-order chi connectivity index (χ1) is 21.0. The molecule has 0 aliphatic heterocycles. The Bertz CT molecular complexity index is 1710. The molecule has 0 aliphatic carbocycles. The summed E-state index contributed by atoms with van der Waals surface area (Å²) in [5, 5.41) is 3.25. The number of hydrogen-bond acceptors (Lipinski definition) is 4. The number of likely N-dealkylation sites (N-methyl/N-ethyl adjacent to an activating group) is 1. The molecule has 0 spiro atoms. The van der Waals surface area contributed by atoms with Crippen molar-refractivity contribution in [2.75, 3.05) is 17.4 Å². The highest BCUT2D eigenvalue weighted by atomic mass is 35.5. The third-order valence-corrected chi connectivity index (χ3v) is 9.64. The fourth-order valence-corrected chi connectivity index (χ4v) is 6.71. The molecular formula is C35H38ClN3O4S. The smallest absolute Gasteiger partial charge is 0.264 e. The monoisotopic (exact) mass is 631 g/mol. The maximum absolute atomic E-state index is 14.5. The maximum atomic E-state index is 14.5. The standard InChI is InChI=1S/C35H38ClN3O4S/c1-5-37-35(41)33(22-28-12-7-6-8-13-28)38(23-29-14-9-11-26(3)21-29)34(40)24-39(32-16-10-15-31(36)27(32)4)44(42,43)30-19-17-25(2)18-20-30/h6-21,33H,5,22-24H2,1-4H3,(H,37,41)/t33-/m0/s1. The molecule has 0 saturated carbocycles. The molecule has 230 valence electrons. The van der Waals surface area contributed by atoms with Crippen LogP contribution in [0.2, 0.25) is 5.02 Å². The molecule has 0 fully saturated rings. The first-order valence-corrected chi connectivity index (χ1v) is 16.3. The van der Waals surface area contributed by atoms with E-state index in [4.69, 9.17) is 11.6 Å². The molecule has 4 aromatic rings. The van der Waals surface area contributed by atoms with Crippen LogP contribution in [0.3, 0.4) is 0 Å². The summed E-state index contributed by atoms with van der Waals surface area (Å²) in [6, 6.07) is 27.7. The molecule has 9 heteroatoms. The molecule has 4 rings (SSSR count). The van der Waals surface area contributed by atoms with Gasteiger partial charge in [0.15, 0.2) is 0 Å². The van der Waals surface area contributed by atoms with Crippen molar-refractivity contribution in [2.24, 2.45) is 0 Å². The quantitative estimate of drug-likeness (QED) is 0.201. The van der Waals surface area contributed by atoms with Gasteiger partial charge in [0.1, 0.15) is 12.6 Å². The van der Waals surface area contributed by atoms with Gasteiger partial charge in [0.05, 0.1) is 10.6 Å². The van der Waals surface area contributed by atoms with Gasteiger partial charge in [-0.3, -0.25) is 13.9 Å². The number of nitrogens with zero attached hydrogens (tertiary/aromatic N) is 2. The molecule has 0 radical (unpaired) electrons. The van der Waals surface area contributed by atoms with Gasteiger partial charge in [0, 0.05) is 24.5 Å². The van der Waals surface area contributed by atoms with Crippen molar-refractivity contribution in [1.29, 1.82) is 0 Å². The van der Waals surface area contributed by atoms with Crippen LogP contribution in [0.5, 0.6) is 0 Å². The number of benzene rings is 4. The van der Waals surface area contributed by atoms with Crippen molar-refractivity contribution in [2.45, 2.75) is 51.6 Å². The minimum atomic E-state index is -4.21. The molecule has 1 N–H and O–H groups in total. The summed E-state index contributed by atoms with van der Waals surface area (Å²) in [4.78, 5) is 29.6. The molecular weight excluding hydrogens is 594 g/mol. The molecule has 1 atom stereocenters. The number of hydrogen-bond donors (Lipinski definition) is 1. The number of amides is 2. The maximum Gasteiger partial charge on any atom is 0.264 e. The number of halogens is 1. The van der Waals surface area contributed by atoms with E-state index in [1.54, 1.807) is 37.3 Å². The Balaban J connectivity index is 1.83. The molecule has 2 amide bonds. The first-order valence-electron chi connectivity index (χ1n) is 14.5. The Kier molecular flexibility index (Phi) is 10.8. The fourth-order valence-electron chi connectivity index (χ4n) is 5.07. The summed E-state index contributed by atoms with van der Waals surface area (Å²) >= 11 is 6.44. The molecule has 4 aromatic carbocycles. The van der Waals surface area contributed by atoms with Crippen molar-refractivity contribution in [1.82, 2.24) is 10.2 Å². The second-order valence-electron chi connectivity index (χ2n) is 10.8. The van der Waals surface area contributed by atoms with Crippen molar-refractivity contribution >= 4 is 39.1 Å². The van der Waals surface area contributed by atoms with Crippen LogP contribution < -0.4 is 9.62 Å². The van der Waals surface area contributed by atoms with Crippen LogP contribution in [0.1, 0.15) is 34.7 Å². The van der Waals surface area contributed by atoms with Gasteiger partial charge in [-0.15, -0.1) is 0 Å². The lowest BCUT2D eigenvalue weighted by molar-refractivity contribution is -0.140. The fraction of sp³-hybridized carbons (Fsp3) is 0.257. The van der Waals surface area contributed by atoms with E-state index in [0.717, 1.165) is 26.6 Å². The predicted molar refractivity (Wildman–Crippen MR) is 176 cm³/mol. The van der Waals surface area contributed by atoms with Gasteiger partial charge in [0.2, 0.25) is 11.8 Å². The summed E-state index contributed by atoms with van der Waals surface area (Å²) in [5.41, 5.74) is 4.42. The third-order valence-electron chi connectivity index (χ3n) is 7.45. The lowest BCUT2D eigenvalue weighted by Gasteiger charge is -2.34. The van der Waals surface area contributed by atoms with Crippen molar-refractivity contribution in [3.63, 3.8) is 0 Å². The molecule has 0 bridgehead atoms. The largest absolute Gasteiger partial charge is 0.355 e. The highest BCUT2D eigenvalue weighted by molar-refractivity contribution is 7.92. The zero-order valence-corrected chi connectivity index (χ0v) is 27.0. The van der Waals surface area contributed by atoms with E-state index in [1.165, 1.54) is 17.0 Å². The summed E-state index contributed by atoms with van der Waals surface area (Å²) in [5.74, 6) is -0.835. The van der Waals surface area contributed by atoms with Crippen LogP contribution in [0.25, 0.3) is 0 Å². The summed E-state index contributed by atoms with van der Waals surface area (Å²) < 4.78 is 29.5. The number of rotatable bonds is 12. The van der Waals surface area contributed by atoms with E-state index in [1.807, 2.05) is 75.4 Å². The van der Waals surface area contributed by atoms with Crippen LogP contribution in [0.4, 0.5) is 5.69 Å². The Morgan fingerprint density at radius 2 is 1.48 bits per heavy atom. The lowest BCUT2D eigenvalue weighted by Crippen LogP contribution is -2.53. The van der Waals surface area contributed by atoms with E-state index >= 15 is 0 Å². The van der Waals surface area contributed by atoms with E-state index in [2.05, 4.69) is 5.32 Å². The van der Waals surface area contributed by atoms with Gasteiger partial charge < -0.3 is 10.2 Å². The van der Waals surface area contributed by atoms with Crippen molar-refractivity contribution < 1.29 is 18.0 Å². The van der Waals surface area contributed by atoms with Gasteiger partial charge in [-0.2, -0.15) is 0 Å². The number of sulfonamides is 1. The minimum Gasteiger partial charge on any atom is -0.355 e. The zero-order chi connectivity index (χ0) is 31.9. The number of carbonyl (C=O) groups is 2. The van der Waals surface area contributed by atoms with Gasteiger partial charge >= 0.3 is 0 Å². The number of aryl methyl sites for hydroxylation is 2. The van der Waals surface area contributed by atoms with Crippen molar-refractivity contribution in [3.8, 4) is 0 Å². The molecule has 0 saturated heterocycles. The molecule has 7 nitrogen and oxygen atoms in total. The lowest BCUT2D eigenvalue weighted by atomic mass is 10.0. The van der Waals surface area contributed by atoms with Gasteiger partial charge in [0.25, 0.3) is 10.0 Å². The number of carbonyl (C=O) groups excluding carboxylic acids is 2. The normalized spacial score (nSPS) is 11.9. The number of anilines is 1.